The smallest absolute Gasteiger partial charge is 0.00983 e. The van der Waals surface area contributed by atoms with Crippen LogP contribution in [0.4, 0.5) is 0 Å². The third-order valence-corrected chi connectivity index (χ3v) is 5.63. The van der Waals surface area contributed by atoms with Gasteiger partial charge in [0.25, 0.3) is 0 Å². The van der Waals surface area contributed by atoms with Gasteiger partial charge < -0.3 is 0 Å². The first-order valence-corrected chi connectivity index (χ1v) is 8.48. The van der Waals surface area contributed by atoms with E-state index in [1.165, 1.54) is 35.6 Å². The molecular formula is C22H20. The molecule has 0 nitrogen and oxygen atoms in total. The topological polar surface area (TPSA) is 0 Å². The van der Waals surface area contributed by atoms with Gasteiger partial charge in [0.15, 0.2) is 0 Å². The minimum atomic E-state index is 0.589. The van der Waals surface area contributed by atoms with Gasteiger partial charge in [0, 0.05) is 5.92 Å². The van der Waals surface area contributed by atoms with Crippen molar-refractivity contribution in [2.45, 2.75) is 31.1 Å². The summed E-state index contributed by atoms with van der Waals surface area (Å²) in [6.45, 7) is 0. The third-order valence-electron chi connectivity index (χ3n) is 5.63. The fraction of sp³-hybridized carbons (Fsp3) is 0.273. The van der Waals surface area contributed by atoms with Crippen LogP contribution in [0.15, 0.2) is 66.7 Å². The highest BCUT2D eigenvalue weighted by Crippen LogP contribution is 2.54. The van der Waals surface area contributed by atoms with Gasteiger partial charge in [0.1, 0.15) is 0 Å². The summed E-state index contributed by atoms with van der Waals surface area (Å²) in [5.41, 5.74) is 4.70. The van der Waals surface area contributed by atoms with Gasteiger partial charge in [-0.15, -0.1) is 0 Å². The maximum absolute atomic E-state index is 2.41. The molecule has 0 heterocycles. The van der Waals surface area contributed by atoms with Gasteiger partial charge in [-0.2, -0.15) is 0 Å². The number of rotatable bonds is 2. The molecule has 22 heavy (non-hydrogen) atoms. The normalized spacial score (nSPS) is 23.6. The Morgan fingerprint density at radius 1 is 0.682 bits per heavy atom. The highest BCUT2D eigenvalue weighted by Gasteiger charge is 2.40. The summed E-state index contributed by atoms with van der Waals surface area (Å²) in [6, 6.07) is 24.9. The zero-order valence-corrected chi connectivity index (χ0v) is 12.7. The molecule has 2 aliphatic carbocycles. The maximum atomic E-state index is 2.41. The Balaban J connectivity index is 1.62. The quantitative estimate of drug-likeness (QED) is 0.552. The molecule has 0 saturated heterocycles. The van der Waals surface area contributed by atoms with Crippen molar-refractivity contribution in [3.63, 3.8) is 0 Å². The van der Waals surface area contributed by atoms with Crippen LogP contribution in [0.5, 0.6) is 0 Å². The van der Waals surface area contributed by atoms with Crippen LogP contribution in [-0.4, -0.2) is 0 Å². The largest absolute Gasteiger partial charge is 0.0620 e. The van der Waals surface area contributed by atoms with E-state index in [1.54, 1.807) is 11.1 Å². The summed E-state index contributed by atoms with van der Waals surface area (Å²) >= 11 is 0. The molecule has 0 aliphatic heterocycles. The van der Waals surface area contributed by atoms with Crippen molar-refractivity contribution in [3.8, 4) is 0 Å². The monoisotopic (exact) mass is 284 g/mol. The first-order chi connectivity index (χ1) is 10.9. The van der Waals surface area contributed by atoms with E-state index < -0.39 is 0 Å². The van der Waals surface area contributed by atoms with Crippen LogP contribution in [0.1, 0.15) is 47.8 Å². The Labute approximate surface area is 131 Å². The Hall–Kier alpha value is -2.08. The molecule has 5 rings (SSSR count). The summed E-state index contributed by atoms with van der Waals surface area (Å²) in [5, 5.41) is 2.71. The number of hydrogen-bond donors (Lipinski definition) is 0. The molecular weight excluding hydrogens is 264 g/mol. The van der Waals surface area contributed by atoms with Gasteiger partial charge >= 0.3 is 0 Å². The molecule has 0 radical (unpaired) electrons. The van der Waals surface area contributed by atoms with Gasteiger partial charge in [0.2, 0.25) is 0 Å². The second kappa shape index (κ2) is 4.71. The molecule has 0 unspecified atom stereocenters. The summed E-state index contributed by atoms with van der Waals surface area (Å²) in [4.78, 5) is 0. The van der Waals surface area contributed by atoms with Crippen LogP contribution in [0.2, 0.25) is 0 Å². The summed E-state index contributed by atoms with van der Waals surface area (Å²) in [7, 11) is 0. The van der Waals surface area contributed by atoms with Crippen LogP contribution >= 0.6 is 0 Å². The predicted octanol–water partition coefficient (Wildman–Crippen LogP) is 5.87. The average Bonchev–Trinajstić information content (AvgIpc) is 3.35. The average molecular weight is 284 g/mol. The highest BCUT2D eigenvalue weighted by atomic mass is 14.4. The summed E-state index contributed by atoms with van der Waals surface area (Å²) < 4.78 is 0. The molecule has 0 spiro atoms. The molecule has 0 aromatic heterocycles. The second-order valence-electron chi connectivity index (χ2n) is 6.97. The summed E-state index contributed by atoms with van der Waals surface area (Å²) in [5.74, 6) is 2.34. The molecule has 108 valence electrons. The molecule has 2 atom stereocenters. The van der Waals surface area contributed by atoms with E-state index in [0.29, 0.717) is 5.92 Å². The van der Waals surface area contributed by atoms with Gasteiger partial charge in [-0.3, -0.25) is 0 Å². The van der Waals surface area contributed by atoms with Crippen molar-refractivity contribution in [3.05, 3.63) is 83.4 Å². The molecule has 1 fully saturated rings. The van der Waals surface area contributed by atoms with Crippen LogP contribution < -0.4 is 0 Å². The SMILES string of the molecule is c1ccc2c(c1)[C@H](c1ccc3ccccc3c1)C[C@@H]2C1CC1. The number of benzene rings is 3. The molecule has 0 heteroatoms. The van der Waals surface area contributed by atoms with Gasteiger partial charge in [-0.25, -0.2) is 0 Å². The zero-order chi connectivity index (χ0) is 14.5. The highest BCUT2D eigenvalue weighted by molar-refractivity contribution is 5.83. The van der Waals surface area contributed by atoms with Crippen LogP contribution in [0, 0.1) is 5.92 Å². The second-order valence-corrected chi connectivity index (χ2v) is 6.97. The lowest BCUT2D eigenvalue weighted by Crippen LogP contribution is -1.98. The van der Waals surface area contributed by atoms with E-state index in [9.17, 15) is 0 Å². The summed E-state index contributed by atoms with van der Waals surface area (Å²) in [6.07, 6.45) is 4.18. The van der Waals surface area contributed by atoms with Gasteiger partial charge in [0.05, 0.1) is 0 Å². The molecule has 2 aliphatic rings. The first kappa shape index (κ1) is 12.5. The van der Waals surface area contributed by atoms with Crippen molar-refractivity contribution < 1.29 is 0 Å². The van der Waals surface area contributed by atoms with Crippen molar-refractivity contribution in [1.29, 1.82) is 0 Å². The molecule has 3 aromatic rings. The van der Waals surface area contributed by atoms with E-state index in [0.717, 1.165) is 11.8 Å². The molecule has 3 aromatic carbocycles. The number of hydrogen-bond acceptors (Lipinski definition) is 0. The Kier molecular flexibility index (Phi) is 2.67. The molecule has 0 amide bonds. The zero-order valence-electron chi connectivity index (χ0n) is 12.7. The standard InChI is InChI=1S/C22H20/c1-2-6-17-13-18(12-9-15(17)5-1)22-14-21(16-10-11-16)19-7-3-4-8-20(19)22/h1-9,12-13,16,21-22H,10-11,14H2/t21-,22+/m1/s1. The fourth-order valence-corrected chi connectivity index (χ4v) is 4.36. The fourth-order valence-electron chi connectivity index (χ4n) is 4.36. The van der Waals surface area contributed by atoms with Crippen LogP contribution in [0.25, 0.3) is 10.8 Å². The maximum Gasteiger partial charge on any atom is 0.00983 e. The minimum absolute atomic E-state index is 0.589. The first-order valence-electron chi connectivity index (χ1n) is 8.48. The van der Waals surface area contributed by atoms with E-state index in [4.69, 9.17) is 0 Å². The van der Waals surface area contributed by atoms with E-state index in [1.807, 2.05) is 0 Å². The third kappa shape index (κ3) is 1.90. The Morgan fingerprint density at radius 3 is 2.23 bits per heavy atom. The lowest BCUT2D eigenvalue weighted by molar-refractivity contribution is 0.573. The molecule has 0 bridgehead atoms. The molecule has 1 saturated carbocycles. The van der Waals surface area contributed by atoms with E-state index in [-0.39, 0.29) is 0 Å². The lowest BCUT2D eigenvalue weighted by atomic mass is 9.90. The predicted molar refractivity (Wildman–Crippen MR) is 92.3 cm³/mol. The number of fused-ring (bicyclic) bond motifs is 2. The molecule has 0 N–H and O–H groups in total. The van der Waals surface area contributed by atoms with Crippen LogP contribution in [0.3, 0.4) is 0 Å². The lowest BCUT2D eigenvalue weighted by Gasteiger charge is -2.13. The van der Waals surface area contributed by atoms with Gasteiger partial charge in [-0.05, 0) is 58.6 Å². The van der Waals surface area contributed by atoms with Crippen LogP contribution in [-0.2, 0) is 0 Å². The Morgan fingerprint density at radius 2 is 1.41 bits per heavy atom. The van der Waals surface area contributed by atoms with Crippen molar-refractivity contribution >= 4 is 10.8 Å². The van der Waals surface area contributed by atoms with E-state index in [2.05, 4.69) is 66.7 Å². The minimum Gasteiger partial charge on any atom is -0.0620 e. The van der Waals surface area contributed by atoms with Crippen molar-refractivity contribution in [1.82, 2.24) is 0 Å². The van der Waals surface area contributed by atoms with Crippen molar-refractivity contribution in [2.75, 3.05) is 0 Å². The van der Waals surface area contributed by atoms with E-state index >= 15 is 0 Å². The Bertz CT molecular complexity index is 841. The van der Waals surface area contributed by atoms with Gasteiger partial charge in [-0.1, -0.05) is 66.7 Å². The van der Waals surface area contributed by atoms with Crippen molar-refractivity contribution in [2.24, 2.45) is 5.92 Å².